The summed E-state index contributed by atoms with van der Waals surface area (Å²) in [4.78, 5) is 7.73. The Bertz CT molecular complexity index is 936. The molecule has 4 aromatic rings. The average Bonchev–Trinajstić information content (AvgIpc) is 2.95. The van der Waals surface area contributed by atoms with Crippen molar-refractivity contribution in [2.45, 2.75) is 6.92 Å². The zero-order chi connectivity index (χ0) is 13.7. The molecule has 0 unspecified atom stereocenters. The number of hydrogen-bond acceptors (Lipinski definition) is 2. The molecule has 0 amide bonds. The summed E-state index contributed by atoms with van der Waals surface area (Å²) in [5.41, 5.74) is 5.17. The lowest BCUT2D eigenvalue weighted by molar-refractivity contribution is 0.941. The monoisotopic (exact) mass is 326 g/mol. The van der Waals surface area contributed by atoms with Gasteiger partial charge in [-0.3, -0.25) is 0 Å². The minimum atomic E-state index is 0.790. The lowest BCUT2D eigenvalue weighted by Gasteiger charge is -2.01. The van der Waals surface area contributed by atoms with Gasteiger partial charge in [-0.15, -0.1) is 0 Å². The maximum absolute atomic E-state index is 4.65. The molecular formula is C15H11BrN4. The first-order valence-corrected chi connectivity index (χ1v) is 7.11. The van der Waals surface area contributed by atoms with E-state index in [4.69, 9.17) is 0 Å². The van der Waals surface area contributed by atoms with Crippen molar-refractivity contribution < 1.29 is 0 Å². The van der Waals surface area contributed by atoms with Gasteiger partial charge in [-0.05, 0) is 41.1 Å². The molecule has 0 saturated heterocycles. The number of nitrogens with zero attached hydrogens (tertiary/aromatic N) is 3. The highest BCUT2D eigenvalue weighted by Crippen LogP contribution is 2.30. The molecule has 1 N–H and O–H groups in total. The third-order valence-electron chi connectivity index (χ3n) is 3.44. The maximum Gasteiger partial charge on any atom is 0.154 e. The van der Waals surface area contributed by atoms with Gasteiger partial charge in [-0.1, -0.05) is 18.2 Å². The second-order valence-corrected chi connectivity index (χ2v) is 5.57. The first kappa shape index (κ1) is 11.7. The van der Waals surface area contributed by atoms with Crippen LogP contribution in [-0.2, 0) is 0 Å². The Balaban J connectivity index is 2.02. The Morgan fingerprint density at radius 1 is 1.15 bits per heavy atom. The number of aromatic amines is 1. The number of benzene rings is 1. The molecule has 98 valence electrons. The van der Waals surface area contributed by atoms with Crippen LogP contribution < -0.4 is 0 Å². The van der Waals surface area contributed by atoms with Crippen LogP contribution in [0.25, 0.3) is 27.8 Å². The van der Waals surface area contributed by atoms with Gasteiger partial charge in [0.2, 0.25) is 0 Å². The number of hydrogen-bond donors (Lipinski definition) is 1. The molecule has 1 aromatic carbocycles. The molecule has 0 bridgehead atoms. The van der Waals surface area contributed by atoms with E-state index in [0.717, 1.165) is 32.7 Å². The second-order valence-electron chi connectivity index (χ2n) is 4.76. The van der Waals surface area contributed by atoms with Crippen molar-refractivity contribution in [3.63, 3.8) is 0 Å². The fourth-order valence-electron chi connectivity index (χ4n) is 2.59. The largest absolute Gasteiger partial charge is 0.358 e. The summed E-state index contributed by atoms with van der Waals surface area (Å²) >= 11 is 3.37. The molecule has 0 spiro atoms. The SMILES string of the molecule is Cc1[nH]c2ccccc2c1-c1ccc2nc(Br)cn2n1. The van der Waals surface area contributed by atoms with E-state index in [0.29, 0.717) is 0 Å². The van der Waals surface area contributed by atoms with Gasteiger partial charge < -0.3 is 4.98 Å². The Hall–Kier alpha value is -2.14. The Kier molecular flexibility index (Phi) is 2.44. The standard InChI is InChI=1S/C15H11BrN4/c1-9-15(10-4-2-3-5-11(10)17-9)12-6-7-14-18-13(16)8-20(14)19-12/h2-8,17H,1H3. The Morgan fingerprint density at radius 3 is 2.90 bits per heavy atom. The second kappa shape index (κ2) is 4.18. The van der Waals surface area contributed by atoms with Crippen molar-refractivity contribution in [3.05, 3.63) is 52.9 Å². The van der Waals surface area contributed by atoms with Crippen LogP contribution in [-0.4, -0.2) is 19.6 Å². The van der Waals surface area contributed by atoms with Crippen LogP contribution in [0.1, 0.15) is 5.69 Å². The molecule has 0 aliphatic rings. The molecule has 4 rings (SSSR count). The van der Waals surface area contributed by atoms with E-state index in [-0.39, 0.29) is 0 Å². The first-order valence-electron chi connectivity index (χ1n) is 6.32. The highest BCUT2D eigenvalue weighted by Gasteiger charge is 2.12. The van der Waals surface area contributed by atoms with E-state index in [2.05, 4.69) is 50.1 Å². The highest BCUT2D eigenvalue weighted by molar-refractivity contribution is 9.10. The van der Waals surface area contributed by atoms with Gasteiger partial charge in [0.25, 0.3) is 0 Å². The van der Waals surface area contributed by atoms with Gasteiger partial charge in [-0.2, -0.15) is 5.10 Å². The number of H-pyrrole nitrogens is 1. The average molecular weight is 327 g/mol. The van der Waals surface area contributed by atoms with Gasteiger partial charge in [0, 0.05) is 22.2 Å². The van der Waals surface area contributed by atoms with Crippen molar-refractivity contribution in [3.8, 4) is 11.3 Å². The highest BCUT2D eigenvalue weighted by atomic mass is 79.9. The van der Waals surface area contributed by atoms with E-state index in [1.54, 1.807) is 4.52 Å². The van der Waals surface area contributed by atoms with E-state index in [1.165, 1.54) is 5.39 Å². The number of aryl methyl sites for hydroxylation is 1. The lowest BCUT2D eigenvalue weighted by Crippen LogP contribution is -1.93. The number of rotatable bonds is 1. The normalized spacial score (nSPS) is 11.5. The van der Waals surface area contributed by atoms with E-state index < -0.39 is 0 Å². The molecule has 3 aromatic heterocycles. The van der Waals surface area contributed by atoms with Gasteiger partial charge in [0.1, 0.15) is 4.60 Å². The fraction of sp³-hybridized carbons (Fsp3) is 0.0667. The van der Waals surface area contributed by atoms with Gasteiger partial charge in [0.05, 0.1) is 11.9 Å². The zero-order valence-electron chi connectivity index (χ0n) is 10.8. The zero-order valence-corrected chi connectivity index (χ0v) is 12.3. The quantitative estimate of drug-likeness (QED) is 0.575. The Morgan fingerprint density at radius 2 is 2.00 bits per heavy atom. The molecule has 0 radical (unpaired) electrons. The van der Waals surface area contributed by atoms with Crippen LogP contribution in [0.3, 0.4) is 0 Å². The number of nitrogens with one attached hydrogen (secondary N) is 1. The van der Waals surface area contributed by atoms with Crippen LogP contribution in [0.5, 0.6) is 0 Å². The van der Waals surface area contributed by atoms with Crippen molar-refractivity contribution >= 4 is 32.5 Å². The van der Waals surface area contributed by atoms with E-state index >= 15 is 0 Å². The first-order chi connectivity index (χ1) is 9.72. The number of halogens is 1. The van der Waals surface area contributed by atoms with Crippen LogP contribution in [0.15, 0.2) is 47.2 Å². The summed E-state index contributed by atoms with van der Waals surface area (Å²) in [5.74, 6) is 0. The fourth-order valence-corrected chi connectivity index (χ4v) is 2.97. The van der Waals surface area contributed by atoms with E-state index in [9.17, 15) is 0 Å². The van der Waals surface area contributed by atoms with Gasteiger partial charge in [-0.25, -0.2) is 9.50 Å². The predicted octanol–water partition coefficient (Wildman–Crippen LogP) is 3.95. The summed E-state index contributed by atoms with van der Waals surface area (Å²) in [5, 5.41) is 5.84. The third-order valence-corrected chi connectivity index (χ3v) is 3.82. The van der Waals surface area contributed by atoms with Crippen molar-refractivity contribution in [1.29, 1.82) is 0 Å². The molecule has 0 aliphatic carbocycles. The van der Waals surface area contributed by atoms with Crippen LogP contribution >= 0.6 is 15.9 Å². The molecule has 0 atom stereocenters. The summed E-state index contributed by atoms with van der Waals surface area (Å²) < 4.78 is 2.58. The smallest absolute Gasteiger partial charge is 0.154 e. The molecule has 0 aliphatic heterocycles. The van der Waals surface area contributed by atoms with Crippen LogP contribution in [0.2, 0.25) is 0 Å². The number of imidazole rings is 1. The van der Waals surface area contributed by atoms with Crippen molar-refractivity contribution in [2.75, 3.05) is 0 Å². The molecule has 5 heteroatoms. The predicted molar refractivity (Wildman–Crippen MR) is 82.7 cm³/mol. The van der Waals surface area contributed by atoms with E-state index in [1.807, 2.05) is 30.5 Å². The summed E-state index contributed by atoms with van der Waals surface area (Å²) in [6, 6.07) is 12.3. The molecule has 3 heterocycles. The Labute approximate surface area is 123 Å². The molecule has 0 saturated carbocycles. The third kappa shape index (κ3) is 1.67. The minimum absolute atomic E-state index is 0.790. The van der Waals surface area contributed by atoms with Crippen LogP contribution in [0, 0.1) is 6.92 Å². The number of para-hydroxylation sites is 1. The molecule has 20 heavy (non-hydrogen) atoms. The molecule has 4 nitrogen and oxygen atoms in total. The summed E-state index contributed by atoms with van der Waals surface area (Å²) in [7, 11) is 0. The number of aromatic nitrogens is 4. The minimum Gasteiger partial charge on any atom is -0.358 e. The van der Waals surface area contributed by atoms with Gasteiger partial charge >= 0.3 is 0 Å². The summed E-state index contributed by atoms with van der Waals surface area (Å²) in [6.45, 7) is 2.07. The maximum atomic E-state index is 4.65. The van der Waals surface area contributed by atoms with Crippen LogP contribution in [0.4, 0.5) is 0 Å². The lowest BCUT2D eigenvalue weighted by atomic mass is 10.1. The van der Waals surface area contributed by atoms with Crippen molar-refractivity contribution in [1.82, 2.24) is 19.6 Å². The van der Waals surface area contributed by atoms with Gasteiger partial charge in [0.15, 0.2) is 5.65 Å². The molecular weight excluding hydrogens is 316 g/mol. The topological polar surface area (TPSA) is 46.0 Å². The van der Waals surface area contributed by atoms with Crippen molar-refractivity contribution in [2.24, 2.45) is 0 Å². The number of fused-ring (bicyclic) bond motifs is 2. The summed E-state index contributed by atoms with van der Waals surface area (Å²) in [6.07, 6.45) is 1.86. The molecule has 0 fully saturated rings.